The summed E-state index contributed by atoms with van der Waals surface area (Å²) in [5.74, 6) is 0.700. The molecule has 2 atom stereocenters. The van der Waals surface area contributed by atoms with Gasteiger partial charge in [-0.3, -0.25) is 9.69 Å². The highest BCUT2D eigenvalue weighted by molar-refractivity contribution is 5.98. The number of morpholine rings is 1. The van der Waals surface area contributed by atoms with E-state index < -0.39 is 0 Å². The van der Waals surface area contributed by atoms with Crippen LogP contribution in [0.5, 0.6) is 0 Å². The first-order chi connectivity index (χ1) is 11.6. The van der Waals surface area contributed by atoms with Gasteiger partial charge in [0.05, 0.1) is 19.8 Å². The second-order valence-electron chi connectivity index (χ2n) is 7.44. The number of ether oxygens (including phenoxy) is 1. The van der Waals surface area contributed by atoms with Gasteiger partial charge in [-0.05, 0) is 38.6 Å². The van der Waals surface area contributed by atoms with Crippen molar-refractivity contribution in [2.75, 3.05) is 57.9 Å². The third kappa shape index (κ3) is 2.85. The summed E-state index contributed by atoms with van der Waals surface area (Å²) in [7, 11) is 2.18. The molecule has 24 heavy (non-hydrogen) atoms. The number of likely N-dealkylation sites (tertiary alicyclic amines) is 1. The van der Waals surface area contributed by atoms with Crippen molar-refractivity contribution in [3.8, 4) is 0 Å². The Morgan fingerprint density at radius 3 is 2.83 bits per heavy atom. The Balaban J connectivity index is 1.60. The van der Waals surface area contributed by atoms with Gasteiger partial charge in [0.15, 0.2) is 0 Å². The molecular formula is C19H27N3O2. The van der Waals surface area contributed by atoms with E-state index in [2.05, 4.69) is 46.9 Å². The van der Waals surface area contributed by atoms with Crippen LogP contribution in [-0.2, 0) is 9.53 Å². The Hall–Kier alpha value is -1.43. The molecule has 1 aromatic carbocycles. The molecule has 0 spiro atoms. The number of amides is 1. The number of nitrogens with zero attached hydrogens (tertiary/aromatic N) is 3. The average Bonchev–Trinajstić information content (AvgIpc) is 2.89. The third-order valence-electron chi connectivity index (χ3n) is 5.68. The van der Waals surface area contributed by atoms with E-state index in [0.29, 0.717) is 18.5 Å². The lowest BCUT2D eigenvalue weighted by Crippen LogP contribution is -2.51. The molecule has 0 aromatic heterocycles. The normalized spacial score (nSPS) is 27.8. The molecule has 5 nitrogen and oxygen atoms in total. The number of carbonyl (C=O) groups excluding carboxylic acids is 1. The second kappa shape index (κ2) is 6.47. The lowest BCUT2D eigenvalue weighted by molar-refractivity contribution is -0.121. The van der Waals surface area contributed by atoms with Crippen LogP contribution in [0.1, 0.15) is 23.5 Å². The summed E-state index contributed by atoms with van der Waals surface area (Å²) in [6.45, 7) is 7.95. The number of aryl methyl sites for hydroxylation is 1. The molecule has 0 N–H and O–H groups in total. The van der Waals surface area contributed by atoms with Gasteiger partial charge in [-0.1, -0.05) is 17.7 Å². The van der Waals surface area contributed by atoms with Crippen LogP contribution in [-0.4, -0.2) is 74.7 Å². The highest BCUT2D eigenvalue weighted by atomic mass is 16.5. The molecule has 0 aliphatic carbocycles. The predicted octanol–water partition coefficient (Wildman–Crippen LogP) is 1.46. The van der Waals surface area contributed by atoms with E-state index in [0.717, 1.165) is 51.5 Å². The lowest BCUT2D eigenvalue weighted by Gasteiger charge is -2.37. The number of benzene rings is 1. The van der Waals surface area contributed by atoms with Gasteiger partial charge in [-0.15, -0.1) is 0 Å². The molecule has 5 heteroatoms. The molecule has 1 aromatic rings. The quantitative estimate of drug-likeness (QED) is 0.823. The van der Waals surface area contributed by atoms with Crippen molar-refractivity contribution in [2.24, 2.45) is 0 Å². The number of carbonyl (C=O) groups is 1. The molecule has 0 saturated carbocycles. The van der Waals surface area contributed by atoms with Crippen molar-refractivity contribution in [1.29, 1.82) is 0 Å². The van der Waals surface area contributed by atoms with E-state index in [9.17, 15) is 4.79 Å². The van der Waals surface area contributed by atoms with Gasteiger partial charge >= 0.3 is 0 Å². The maximum absolute atomic E-state index is 13.1. The van der Waals surface area contributed by atoms with Crippen LogP contribution < -0.4 is 4.90 Å². The molecular weight excluding hydrogens is 302 g/mol. The maximum Gasteiger partial charge on any atom is 0.241 e. The molecule has 3 heterocycles. The molecule has 1 amide bonds. The first-order valence-corrected chi connectivity index (χ1v) is 9.05. The van der Waals surface area contributed by atoms with Crippen LogP contribution in [0.3, 0.4) is 0 Å². The lowest BCUT2D eigenvalue weighted by atomic mass is 9.89. The number of rotatable bonds is 2. The molecule has 130 valence electrons. The molecule has 0 unspecified atom stereocenters. The molecule has 2 fully saturated rings. The first kappa shape index (κ1) is 16.1. The number of likely N-dealkylation sites (N-methyl/N-ethyl adjacent to an activating group) is 1. The van der Waals surface area contributed by atoms with E-state index in [1.807, 2.05) is 0 Å². The molecule has 2 saturated heterocycles. The minimum atomic E-state index is 0.249. The van der Waals surface area contributed by atoms with E-state index in [-0.39, 0.29) is 5.91 Å². The molecule has 4 rings (SSSR count). The van der Waals surface area contributed by atoms with Crippen LogP contribution in [0.2, 0.25) is 0 Å². The third-order valence-corrected chi connectivity index (χ3v) is 5.68. The van der Waals surface area contributed by atoms with Gasteiger partial charge in [0.25, 0.3) is 0 Å². The molecule has 0 radical (unpaired) electrons. The molecule has 3 aliphatic heterocycles. The van der Waals surface area contributed by atoms with Crippen LogP contribution in [0.15, 0.2) is 18.2 Å². The number of hydrogen-bond acceptors (Lipinski definition) is 4. The highest BCUT2D eigenvalue weighted by Crippen LogP contribution is 2.44. The maximum atomic E-state index is 13.1. The van der Waals surface area contributed by atoms with E-state index in [4.69, 9.17) is 4.74 Å². The molecule has 0 bridgehead atoms. The second-order valence-corrected chi connectivity index (χ2v) is 7.44. The number of hydrogen-bond donors (Lipinski definition) is 0. The summed E-state index contributed by atoms with van der Waals surface area (Å²) < 4.78 is 5.40. The van der Waals surface area contributed by atoms with Gasteiger partial charge in [0.1, 0.15) is 0 Å². The van der Waals surface area contributed by atoms with Crippen molar-refractivity contribution in [1.82, 2.24) is 9.80 Å². The Morgan fingerprint density at radius 2 is 2.04 bits per heavy atom. The Morgan fingerprint density at radius 1 is 1.25 bits per heavy atom. The molecule has 3 aliphatic rings. The van der Waals surface area contributed by atoms with Crippen molar-refractivity contribution in [3.63, 3.8) is 0 Å². The first-order valence-electron chi connectivity index (χ1n) is 9.05. The minimum Gasteiger partial charge on any atom is -0.379 e. The number of fused-ring (bicyclic) bond motifs is 3. The van der Waals surface area contributed by atoms with Gasteiger partial charge in [0.2, 0.25) is 5.91 Å². The van der Waals surface area contributed by atoms with Crippen LogP contribution in [0.4, 0.5) is 5.69 Å². The monoisotopic (exact) mass is 329 g/mol. The average molecular weight is 329 g/mol. The SMILES string of the molecule is Cc1ccc2c(c1)[C@H]1CN(C)CC[C@@H]1N2C(=O)CN1CCOCC1. The zero-order valence-corrected chi connectivity index (χ0v) is 14.7. The van der Waals surface area contributed by atoms with Crippen LogP contribution >= 0.6 is 0 Å². The largest absolute Gasteiger partial charge is 0.379 e. The number of anilines is 1. The fourth-order valence-corrected chi connectivity index (χ4v) is 4.43. The Bertz CT molecular complexity index is 627. The summed E-state index contributed by atoms with van der Waals surface area (Å²) in [5.41, 5.74) is 3.79. The zero-order chi connectivity index (χ0) is 16.7. The van der Waals surface area contributed by atoms with Crippen molar-refractivity contribution in [3.05, 3.63) is 29.3 Å². The Kier molecular flexibility index (Phi) is 4.33. The van der Waals surface area contributed by atoms with E-state index in [1.54, 1.807) is 0 Å². The number of piperidine rings is 1. The van der Waals surface area contributed by atoms with Gasteiger partial charge in [0, 0.05) is 37.3 Å². The van der Waals surface area contributed by atoms with Crippen molar-refractivity contribution >= 4 is 11.6 Å². The van der Waals surface area contributed by atoms with Crippen molar-refractivity contribution in [2.45, 2.75) is 25.3 Å². The summed E-state index contributed by atoms with van der Waals surface area (Å²) in [4.78, 5) is 19.9. The summed E-state index contributed by atoms with van der Waals surface area (Å²) in [6, 6.07) is 6.90. The van der Waals surface area contributed by atoms with E-state index in [1.165, 1.54) is 11.1 Å². The van der Waals surface area contributed by atoms with Crippen LogP contribution in [0, 0.1) is 6.92 Å². The van der Waals surface area contributed by atoms with Gasteiger partial charge in [-0.2, -0.15) is 0 Å². The Labute approximate surface area is 144 Å². The van der Waals surface area contributed by atoms with E-state index >= 15 is 0 Å². The van der Waals surface area contributed by atoms with Crippen molar-refractivity contribution < 1.29 is 9.53 Å². The van der Waals surface area contributed by atoms with Crippen LogP contribution in [0.25, 0.3) is 0 Å². The fourth-order valence-electron chi connectivity index (χ4n) is 4.43. The topological polar surface area (TPSA) is 36.0 Å². The smallest absolute Gasteiger partial charge is 0.241 e. The zero-order valence-electron chi connectivity index (χ0n) is 14.7. The summed E-state index contributed by atoms with van der Waals surface area (Å²) >= 11 is 0. The van der Waals surface area contributed by atoms with Gasteiger partial charge in [-0.25, -0.2) is 0 Å². The van der Waals surface area contributed by atoms with Gasteiger partial charge < -0.3 is 14.5 Å². The standard InChI is InChI=1S/C19H27N3O2/c1-14-3-4-17-15(11-14)16-12-20(2)6-5-18(16)22(17)19(23)13-21-7-9-24-10-8-21/h3-4,11,16,18H,5-10,12-13H2,1-2H3/t16-,18+/m1/s1. The summed E-state index contributed by atoms with van der Waals surface area (Å²) in [5, 5.41) is 0. The highest BCUT2D eigenvalue weighted by Gasteiger charge is 2.43. The minimum absolute atomic E-state index is 0.249. The predicted molar refractivity (Wildman–Crippen MR) is 94.6 cm³/mol. The fraction of sp³-hybridized carbons (Fsp3) is 0.632. The summed E-state index contributed by atoms with van der Waals surface area (Å²) in [6.07, 6.45) is 1.06.